The van der Waals surface area contributed by atoms with E-state index in [0.29, 0.717) is 32.1 Å². The molecule has 3 N–H and O–H groups in total. The molecule has 2 aromatic carbocycles. The second kappa shape index (κ2) is 15.0. The molecule has 2 aliphatic carbocycles. The Morgan fingerprint density at radius 3 is 1.82 bits per heavy atom. The normalized spacial score (nSPS) is 21.7. The Bertz CT molecular complexity index is 1270. The van der Waals surface area contributed by atoms with Gasteiger partial charge in [-0.1, -0.05) is 25.0 Å². The zero-order valence-corrected chi connectivity index (χ0v) is 26.0. The summed E-state index contributed by atoms with van der Waals surface area (Å²) in [5.41, 5.74) is 1.84. The highest BCUT2D eigenvalue weighted by Gasteiger charge is 2.44. The number of benzene rings is 2. The van der Waals surface area contributed by atoms with Crippen LogP contribution in [-0.2, 0) is 19.1 Å². The largest absolute Gasteiger partial charge is 0.491 e. The summed E-state index contributed by atoms with van der Waals surface area (Å²) in [5, 5.41) is 9.78. The molecule has 1 saturated heterocycles. The number of hydrogen-bond acceptors (Lipinski definition) is 8. The molecule has 4 aliphatic rings. The van der Waals surface area contributed by atoms with Gasteiger partial charge in [0.25, 0.3) is 5.91 Å². The molecule has 10 heteroatoms. The molecule has 2 spiro atoms. The van der Waals surface area contributed by atoms with Crippen LogP contribution in [0.1, 0.15) is 81.4 Å². The van der Waals surface area contributed by atoms with E-state index >= 15 is 0 Å². The first-order chi connectivity index (χ1) is 21.4. The summed E-state index contributed by atoms with van der Waals surface area (Å²) in [7, 11) is 3.29. The Morgan fingerprint density at radius 2 is 1.25 bits per heavy atom. The first kappa shape index (κ1) is 31.9. The van der Waals surface area contributed by atoms with Crippen molar-refractivity contribution in [3.05, 3.63) is 59.7 Å². The molecule has 2 saturated carbocycles. The lowest BCUT2D eigenvalue weighted by Crippen LogP contribution is -2.51. The highest BCUT2D eigenvalue weighted by Crippen LogP contribution is 2.35. The van der Waals surface area contributed by atoms with Crippen LogP contribution in [0.5, 0.6) is 11.5 Å². The zero-order valence-electron chi connectivity index (χ0n) is 26.0. The van der Waals surface area contributed by atoms with E-state index in [0.717, 1.165) is 61.2 Å². The summed E-state index contributed by atoms with van der Waals surface area (Å²) < 4.78 is 21.0. The van der Waals surface area contributed by atoms with Gasteiger partial charge in [-0.05, 0) is 93.3 Å². The number of aliphatic imine (C=N–C) groups is 1. The number of amides is 2. The SMILES string of the molecule is COCCOc1ccc(C2=NC3(CCCCC3)NC2=O)cc1.COCCOc1ccc(C2NC3(CCCCC3)NC2=O)cc1. The van der Waals surface area contributed by atoms with Gasteiger partial charge in [0, 0.05) is 19.8 Å². The highest BCUT2D eigenvalue weighted by atomic mass is 16.5. The lowest BCUT2D eigenvalue weighted by Gasteiger charge is -2.33. The third-order valence-electron chi connectivity index (χ3n) is 8.77. The third kappa shape index (κ3) is 7.97. The van der Waals surface area contributed by atoms with E-state index in [1.54, 1.807) is 14.2 Å². The van der Waals surface area contributed by atoms with Crippen LogP contribution in [-0.4, -0.2) is 69.5 Å². The second-order valence-electron chi connectivity index (χ2n) is 12.0. The first-order valence-corrected chi connectivity index (χ1v) is 15.9. The Balaban J connectivity index is 0.000000175. The topological polar surface area (TPSA) is 120 Å². The number of rotatable bonds is 10. The summed E-state index contributed by atoms with van der Waals surface area (Å²) in [6.45, 7) is 2.16. The molecule has 1 atom stereocenters. The molecule has 3 fully saturated rings. The van der Waals surface area contributed by atoms with Crippen molar-refractivity contribution in [1.82, 2.24) is 16.0 Å². The van der Waals surface area contributed by atoms with Gasteiger partial charge in [0.15, 0.2) is 0 Å². The van der Waals surface area contributed by atoms with Gasteiger partial charge in [0.1, 0.15) is 42.1 Å². The summed E-state index contributed by atoms with van der Waals surface area (Å²) in [4.78, 5) is 29.3. The van der Waals surface area contributed by atoms with Crippen LogP contribution in [0.25, 0.3) is 0 Å². The average molecular weight is 607 g/mol. The van der Waals surface area contributed by atoms with E-state index in [1.165, 1.54) is 25.7 Å². The highest BCUT2D eigenvalue weighted by molar-refractivity contribution is 6.46. The van der Waals surface area contributed by atoms with Crippen LogP contribution in [0.4, 0.5) is 0 Å². The van der Waals surface area contributed by atoms with Gasteiger partial charge in [-0.25, -0.2) is 0 Å². The molecule has 2 heterocycles. The molecule has 2 aliphatic heterocycles. The van der Waals surface area contributed by atoms with Gasteiger partial charge >= 0.3 is 0 Å². The lowest BCUT2D eigenvalue weighted by atomic mass is 9.89. The number of hydrogen-bond donors (Lipinski definition) is 3. The molecule has 0 radical (unpaired) electrons. The minimum absolute atomic E-state index is 0.0602. The van der Waals surface area contributed by atoms with Crippen LogP contribution in [0, 0.1) is 0 Å². The fourth-order valence-corrected chi connectivity index (χ4v) is 6.43. The summed E-state index contributed by atoms with van der Waals surface area (Å²) in [5.74, 6) is 1.59. The third-order valence-corrected chi connectivity index (χ3v) is 8.77. The Kier molecular flexibility index (Phi) is 10.9. The van der Waals surface area contributed by atoms with E-state index in [2.05, 4.69) is 16.0 Å². The van der Waals surface area contributed by atoms with Gasteiger partial charge in [-0.2, -0.15) is 0 Å². The maximum absolute atomic E-state index is 12.3. The smallest absolute Gasteiger partial charge is 0.272 e. The van der Waals surface area contributed by atoms with Crippen molar-refractivity contribution in [1.29, 1.82) is 0 Å². The van der Waals surface area contributed by atoms with Crippen molar-refractivity contribution in [3.8, 4) is 11.5 Å². The van der Waals surface area contributed by atoms with E-state index in [4.69, 9.17) is 23.9 Å². The number of nitrogens with zero attached hydrogens (tertiary/aromatic N) is 1. The van der Waals surface area contributed by atoms with Crippen LogP contribution in [0.2, 0.25) is 0 Å². The monoisotopic (exact) mass is 606 g/mol. The summed E-state index contributed by atoms with van der Waals surface area (Å²) in [6, 6.07) is 15.0. The zero-order chi connectivity index (χ0) is 30.8. The number of carbonyl (C=O) groups is 2. The molecule has 0 aromatic heterocycles. The number of ether oxygens (including phenoxy) is 4. The lowest BCUT2D eigenvalue weighted by molar-refractivity contribution is -0.121. The van der Waals surface area contributed by atoms with Crippen molar-refractivity contribution in [2.75, 3.05) is 40.6 Å². The fraction of sp³-hybridized carbons (Fsp3) is 0.559. The molecule has 2 amide bonds. The molecule has 6 rings (SSSR count). The maximum atomic E-state index is 12.3. The van der Waals surface area contributed by atoms with Crippen molar-refractivity contribution in [2.24, 2.45) is 4.99 Å². The van der Waals surface area contributed by atoms with Gasteiger partial charge < -0.3 is 29.6 Å². The van der Waals surface area contributed by atoms with E-state index in [9.17, 15) is 9.59 Å². The minimum atomic E-state index is -0.349. The van der Waals surface area contributed by atoms with Crippen LogP contribution in [0.3, 0.4) is 0 Å². The number of carbonyl (C=O) groups excluding carboxylic acids is 2. The molecule has 10 nitrogen and oxygen atoms in total. The quantitative estimate of drug-likeness (QED) is 0.343. The van der Waals surface area contributed by atoms with E-state index in [1.807, 2.05) is 48.5 Å². The summed E-state index contributed by atoms with van der Waals surface area (Å²) in [6.07, 6.45) is 11.0. The minimum Gasteiger partial charge on any atom is -0.491 e. The van der Waals surface area contributed by atoms with Crippen molar-refractivity contribution >= 4 is 17.5 Å². The number of methoxy groups -OCH3 is 2. The standard InChI is InChI=1S/C17H24N2O3.C17H22N2O3/c2*1-21-11-12-22-14-7-5-13(6-8-14)15-16(20)19-17(18-15)9-3-2-4-10-17/h5-8,15,18H,2-4,9-12H2,1H3,(H,19,20);5-8H,2-4,9-12H2,1H3,(H,19,20). The average Bonchev–Trinajstić information content (AvgIpc) is 3.53. The maximum Gasteiger partial charge on any atom is 0.272 e. The molecule has 238 valence electrons. The molecule has 1 unspecified atom stereocenters. The second-order valence-corrected chi connectivity index (χ2v) is 12.0. The van der Waals surface area contributed by atoms with Gasteiger partial charge in [-0.3, -0.25) is 19.9 Å². The van der Waals surface area contributed by atoms with Gasteiger partial charge in [0.2, 0.25) is 5.91 Å². The predicted molar refractivity (Wildman–Crippen MR) is 168 cm³/mol. The van der Waals surface area contributed by atoms with E-state index in [-0.39, 0.29) is 29.2 Å². The Labute approximate surface area is 260 Å². The molecule has 0 bridgehead atoms. The molecular weight excluding hydrogens is 560 g/mol. The molecule has 2 aromatic rings. The first-order valence-electron chi connectivity index (χ1n) is 15.9. The summed E-state index contributed by atoms with van der Waals surface area (Å²) >= 11 is 0. The molecular formula is C34H46N4O6. The molecule has 44 heavy (non-hydrogen) atoms. The number of nitrogens with one attached hydrogen (secondary N) is 3. The Morgan fingerprint density at radius 1 is 0.705 bits per heavy atom. The van der Waals surface area contributed by atoms with Crippen molar-refractivity contribution in [3.63, 3.8) is 0 Å². The van der Waals surface area contributed by atoms with Crippen LogP contribution in [0.15, 0.2) is 53.5 Å². The van der Waals surface area contributed by atoms with Gasteiger partial charge in [0.05, 0.1) is 18.9 Å². The van der Waals surface area contributed by atoms with E-state index < -0.39 is 0 Å². The van der Waals surface area contributed by atoms with Crippen LogP contribution >= 0.6 is 0 Å². The fourth-order valence-electron chi connectivity index (χ4n) is 6.43. The van der Waals surface area contributed by atoms with Crippen LogP contribution < -0.4 is 25.4 Å². The van der Waals surface area contributed by atoms with Crippen molar-refractivity contribution in [2.45, 2.75) is 81.6 Å². The predicted octanol–water partition coefficient (Wildman–Crippen LogP) is 4.42. The van der Waals surface area contributed by atoms with Crippen molar-refractivity contribution < 1.29 is 28.5 Å². The Hall–Kier alpha value is -3.47. The van der Waals surface area contributed by atoms with Gasteiger partial charge in [-0.15, -0.1) is 0 Å².